The maximum Gasteiger partial charge on any atom is 0.305 e. The molecule has 7 nitrogen and oxygen atoms in total. The number of nitro benzene ring substituents is 1. The summed E-state index contributed by atoms with van der Waals surface area (Å²) in [6.45, 7) is 3.00. The molecule has 0 saturated carbocycles. The summed E-state index contributed by atoms with van der Waals surface area (Å²) in [5, 5.41) is 12.4. The van der Waals surface area contributed by atoms with Gasteiger partial charge in [0.05, 0.1) is 4.92 Å². The van der Waals surface area contributed by atoms with E-state index in [0.717, 1.165) is 13.1 Å². The predicted molar refractivity (Wildman–Crippen MR) is 107 cm³/mol. The molecule has 0 atom stereocenters. The molecule has 1 amide bonds. The van der Waals surface area contributed by atoms with Gasteiger partial charge in [0.2, 0.25) is 0 Å². The number of piperazine rings is 1. The Hall–Kier alpha value is -2.64. The number of para-hydroxylation sites is 1. The minimum atomic E-state index is -0.462. The summed E-state index contributed by atoms with van der Waals surface area (Å²) in [6, 6.07) is 11.7. The maximum absolute atomic E-state index is 13.0. The lowest BCUT2D eigenvalue weighted by molar-refractivity contribution is -0.384. The first-order chi connectivity index (χ1) is 12.9. The number of carbonyl (C=O) groups is 1. The Bertz CT molecular complexity index is 849. The third-order valence-corrected chi connectivity index (χ3v) is 5.04. The SMILES string of the molecule is CN1CCN(c2cccc(C(=O)N(C)c3ccc(Cl)cc3)c2[N+](=O)[O-])CC1. The first-order valence-electron chi connectivity index (χ1n) is 8.63. The van der Waals surface area contributed by atoms with Crippen LogP contribution < -0.4 is 9.80 Å². The van der Waals surface area contributed by atoms with Crippen LogP contribution in [0.2, 0.25) is 5.02 Å². The summed E-state index contributed by atoms with van der Waals surface area (Å²) < 4.78 is 0. The van der Waals surface area contributed by atoms with E-state index in [1.165, 1.54) is 11.0 Å². The van der Waals surface area contributed by atoms with Crippen molar-refractivity contribution in [2.24, 2.45) is 0 Å². The summed E-state index contributed by atoms with van der Waals surface area (Å²) in [5.74, 6) is -0.431. The van der Waals surface area contributed by atoms with Crippen LogP contribution in [0.15, 0.2) is 42.5 Å². The Labute approximate surface area is 162 Å². The Morgan fingerprint density at radius 2 is 1.74 bits per heavy atom. The summed E-state index contributed by atoms with van der Waals surface area (Å²) in [4.78, 5) is 29.9. The molecule has 0 spiro atoms. The molecule has 0 bridgehead atoms. The number of carbonyl (C=O) groups excluding carboxylic acids is 1. The number of likely N-dealkylation sites (N-methyl/N-ethyl adjacent to an activating group) is 1. The number of rotatable bonds is 4. The van der Waals surface area contributed by atoms with Gasteiger partial charge in [-0.25, -0.2) is 0 Å². The third kappa shape index (κ3) is 4.04. The highest BCUT2D eigenvalue weighted by molar-refractivity contribution is 6.30. The number of hydrogen-bond donors (Lipinski definition) is 0. The predicted octanol–water partition coefficient (Wildman–Crippen LogP) is 3.28. The van der Waals surface area contributed by atoms with Crippen molar-refractivity contribution < 1.29 is 9.72 Å². The van der Waals surface area contributed by atoms with E-state index in [9.17, 15) is 14.9 Å². The molecule has 1 aliphatic rings. The fourth-order valence-corrected chi connectivity index (χ4v) is 3.29. The van der Waals surface area contributed by atoms with Gasteiger partial charge in [0.15, 0.2) is 0 Å². The topological polar surface area (TPSA) is 69.9 Å². The highest BCUT2D eigenvalue weighted by Crippen LogP contribution is 2.33. The zero-order chi connectivity index (χ0) is 19.6. The summed E-state index contributed by atoms with van der Waals surface area (Å²) >= 11 is 5.90. The number of nitrogens with zero attached hydrogens (tertiary/aromatic N) is 4. The smallest absolute Gasteiger partial charge is 0.305 e. The van der Waals surface area contributed by atoms with Crippen LogP contribution in [0, 0.1) is 10.1 Å². The van der Waals surface area contributed by atoms with Gasteiger partial charge in [0.1, 0.15) is 11.3 Å². The van der Waals surface area contributed by atoms with Crippen molar-refractivity contribution in [1.82, 2.24) is 4.90 Å². The van der Waals surface area contributed by atoms with E-state index in [2.05, 4.69) is 4.90 Å². The minimum absolute atomic E-state index is 0.0777. The van der Waals surface area contributed by atoms with Crippen LogP contribution in [0.1, 0.15) is 10.4 Å². The molecule has 0 aliphatic carbocycles. The lowest BCUT2D eigenvalue weighted by Gasteiger charge is -2.33. The van der Waals surface area contributed by atoms with Crippen LogP contribution in [0.5, 0.6) is 0 Å². The standard InChI is InChI=1S/C19H21ClN4O3/c1-21-10-12-23(13-11-21)17-5-3-4-16(18(17)24(26)27)19(25)22(2)15-8-6-14(20)7-9-15/h3-9H,10-13H2,1-2H3. The average Bonchev–Trinajstić information content (AvgIpc) is 2.67. The Kier molecular flexibility index (Phi) is 5.62. The van der Waals surface area contributed by atoms with Crippen molar-refractivity contribution in [3.05, 3.63) is 63.2 Å². The summed E-state index contributed by atoms with van der Waals surface area (Å²) in [5.41, 5.74) is 1.04. The van der Waals surface area contributed by atoms with Crippen molar-refractivity contribution in [3.8, 4) is 0 Å². The zero-order valence-corrected chi connectivity index (χ0v) is 16.0. The van der Waals surface area contributed by atoms with Crippen LogP contribution in [0.4, 0.5) is 17.1 Å². The Morgan fingerprint density at radius 3 is 2.33 bits per heavy atom. The van der Waals surface area contributed by atoms with E-state index in [4.69, 9.17) is 11.6 Å². The van der Waals surface area contributed by atoms with Crippen molar-refractivity contribution >= 4 is 34.6 Å². The summed E-state index contributed by atoms with van der Waals surface area (Å²) in [7, 11) is 3.62. The van der Waals surface area contributed by atoms with Crippen molar-refractivity contribution in [2.75, 3.05) is 50.1 Å². The zero-order valence-electron chi connectivity index (χ0n) is 15.3. The van der Waals surface area contributed by atoms with E-state index >= 15 is 0 Å². The third-order valence-electron chi connectivity index (χ3n) is 4.79. The average molecular weight is 389 g/mol. The van der Waals surface area contributed by atoms with Crippen molar-refractivity contribution in [3.63, 3.8) is 0 Å². The number of hydrogen-bond acceptors (Lipinski definition) is 5. The number of amides is 1. The molecule has 0 radical (unpaired) electrons. The molecular weight excluding hydrogens is 368 g/mol. The molecule has 0 N–H and O–H groups in total. The Balaban J connectivity index is 1.97. The number of halogens is 1. The van der Waals surface area contributed by atoms with Gasteiger partial charge >= 0.3 is 5.69 Å². The fourth-order valence-electron chi connectivity index (χ4n) is 3.16. The highest BCUT2D eigenvalue weighted by atomic mass is 35.5. The lowest BCUT2D eigenvalue weighted by Crippen LogP contribution is -2.44. The van der Waals surface area contributed by atoms with Crippen molar-refractivity contribution in [1.29, 1.82) is 0 Å². The van der Waals surface area contributed by atoms with Gasteiger partial charge in [-0.3, -0.25) is 14.9 Å². The van der Waals surface area contributed by atoms with Crippen LogP contribution >= 0.6 is 11.6 Å². The van der Waals surface area contributed by atoms with Gasteiger partial charge in [-0.1, -0.05) is 17.7 Å². The molecule has 1 saturated heterocycles. The molecule has 1 aliphatic heterocycles. The molecule has 2 aromatic carbocycles. The van der Waals surface area contributed by atoms with E-state index < -0.39 is 10.8 Å². The van der Waals surface area contributed by atoms with E-state index in [0.29, 0.717) is 29.5 Å². The molecule has 0 aromatic heterocycles. The van der Waals surface area contributed by atoms with Crippen LogP contribution in [-0.2, 0) is 0 Å². The van der Waals surface area contributed by atoms with Gasteiger partial charge in [-0.15, -0.1) is 0 Å². The van der Waals surface area contributed by atoms with Gasteiger partial charge in [-0.05, 0) is 43.4 Å². The Morgan fingerprint density at radius 1 is 1.11 bits per heavy atom. The van der Waals surface area contributed by atoms with E-state index in [1.807, 2.05) is 11.9 Å². The first-order valence-corrected chi connectivity index (χ1v) is 9.01. The lowest BCUT2D eigenvalue weighted by atomic mass is 10.1. The summed E-state index contributed by atoms with van der Waals surface area (Å²) in [6.07, 6.45) is 0. The van der Waals surface area contributed by atoms with E-state index in [-0.39, 0.29) is 11.3 Å². The number of benzene rings is 2. The monoisotopic (exact) mass is 388 g/mol. The molecule has 0 unspecified atom stereocenters. The van der Waals surface area contributed by atoms with Gasteiger partial charge < -0.3 is 14.7 Å². The number of anilines is 2. The van der Waals surface area contributed by atoms with Crippen LogP contribution in [0.3, 0.4) is 0 Å². The largest absolute Gasteiger partial charge is 0.363 e. The van der Waals surface area contributed by atoms with Gasteiger partial charge in [-0.2, -0.15) is 0 Å². The molecule has 1 fully saturated rings. The van der Waals surface area contributed by atoms with Crippen molar-refractivity contribution in [2.45, 2.75) is 0 Å². The van der Waals surface area contributed by atoms with Crippen LogP contribution in [0.25, 0.3) is 0 Å². The van der Waals surface area contributed by atoms with Crippen LogP contribution in [-0.4, -0.2) is 56.0 Å². The highest BCUT2D eigenvalue weighted by Gasteiger charge is 2.30. The number of nitro groups is 1. The molecule has 27 heavy (non-hydrogen) atoms. The molecular formula is C19H21ClN4O3. The van der Waals surface area contributed by atoms with Gasteiger partial charge in [0, 0.05) is 43.9 Å². The molecule has 142 valence electrons. The molecule has 2 aromatic rings. The normalized spacial score (nSPS) is 14.9. The molecule has 8 heteroatoms. The second kappa shape index (κ2) is 7.94. The maximum atomic E-state index is 13.0. The second-order valence-electron chi connectivity index (χ2n) is 6.56. The minimum Gasteiger partial charge on any atom is -0.363 e. The second-order valence-corrected chi connectivity index (χ2v) is 7.00. The first kappa shape index (κ1) is 19.1. The van der Waals surface area contributed by atoms with E-state index in [1.54, 1.807) is 43.4 Å². The fraction of sp³-hybridized carbons (Fsp3) is 0.316. The quantitative estimate of drug-likeness (QED) is 0.593. The molecule has 1 heterocycles. The van der Waals surface area contributed by atoms with Gasteiger partial charge in [0.25, 0.3) is 5.91 Å². The molecule has 3 rings (SSSR count).